The van der Waals surface area contributed by atoms with Crippen molar-refractivity contribution in [2.75, 3.05) is 7.11 Å². The van der Waals surface area contributed by atoms with E-state index in [-0.39, 0.29) is 28.3 Å². The van der Waals surface area contributed by atoms with E-state index in [0.717, 1.165) is 17.0 Å². The molecule has 10 heteroatoms. The number of ketones is 1. The minimum absolute atomic E-state index is 0.0666. The predicted molar refractivity (Wildman–Crippen MR) is 122 cm³/mol. The highest BCUT2D eigenvalue weighted by Gasteiger charge is 2.46. The minimum atomic E-state index is -4.57. The number of aliphatic hydroxyl groups excluding tert-OH is 1. The van der Waals surface area contributed by atoms with Gasteiger partial charge in [-0.2, -0.15) is 13.2 Å². The van der Waals surface area contributed by atoms with E-state index in [9.17, 15) is 27.9 Å². The number of alkyl halides is 3. The fourth-order valence-electron chi connectivity index (χ4n) is 3.93. The molecule has 1 aromatic heterocycles. The standard InChI is InChI=1S/C25H18ClF3N2O4/c1-35-17-7-8-19(26)18(11-17)22(32)20-21(15-5-3-9-30-12-15)31(24(34)23(20)33)13-14-4-2-6-16(10-14)25(27,28)29/h2-12,21,32H,13H2,1H3/b22-20+. The number of Topliss-reactive ketones (excluding diaryl/α,β-unsaturated/α-hetero) is 1. The lowest BCUT2D eigenvalue weighted by atomic mass is 9.96. The maximum absolute atomic E-state index is 13.2. The Morgan fingerprint density at radius 3 is 2.57 bits per heavy atom. The molecule has 1 aliphatic rings. The van der Waals surface area contributed by atoms with Crippen LogP contribution in [0.2, 0.25) is 5.02 Å². The number of amides is 1. The highest BCUT2D eigenvalue weighted by molar-refractivity contribution is 6.47. The van der Waals surface area contributed by atoms with Crippen LogP contribution in [0.4, 0.5) is 13.2 Å². The molecule has 0 spiro atoms. The van der Waals surface area contributed by atoms with E-state index < -0.39 is 35.2 Å². The van der Waals surface area contributed by atoms with Gasteiger partial charge in [0.05, 0.1) is 29.3 Å². The Labute approximate surface area is 203 Å². The van der Waals surface area contributed by atoms with Crippen LogP contribution in [0.5, 0.6) is 5.75 Å². The van der Waals surface area contributed by atoms with Crippen molar-refractivity contribution in [3.63, 3.8) is 0 Å². The van der Waals surface area contributed by atoms with Crippen LogP contribution < -0.4 is 4.74 Å². The highest BCUT2D eigenvalue weighted by atomic mass is 35.5. The number of rotatable bonds is 5. The molecule has 2 heterocycles. The smallest absolute Gasteiger partial charge is 0.416 e. The van der Waals surface area contributed by atoms with Gasteiger partial charge in [-0.25, -0.2) is 0 Å². The van der Waals surface area contributed by atoms with Gasteiger partial charge in [0, 0.05) is 24.5 Å². The Bertz CT molecular complexity index is 1330. The monoisotopic (exact) mass is 502 g/mol. The Hall–Kier alpha value is -3.85. The number of aliphatic hydroxyl groups is 1. The second-order valence-corrected chi connectivity index (χ2v) is 8.16. The first-order valence-electron chi connectivity index (χ1n) is 10.3. The highest BCUT2D eigenvalue weighted by Crippen LogP contribution is 2.42. The molecule has 1 N–H and O–H groups in total. The van der Waals surface area contributed by atoms with Crippen LogP contribution in [0.25, 0.3) is 5.76 Å². The fourth-order valence-corrected chi connectivity index (χ4v) is 4.14. The Kier molecular flexibility index (Phi) is 6.53. The van der Waals surface area contributed by atoms with Crippen molar-refractivity contribution < 1.29 is 32.6 Å². The maximum atomic E-state index is 13.2. The third-order valence-electron chi connectivity index (χ3n) is 5.58. The Morgan fingerprint density at radius 2 is 1.91 bits per heavy atom. The number of halogens is 4. The number of aromatic nitrogens is 1. The minimum Gasteiger partial charge on any atom is -0.507 e. The fraction of sp³-hybridized carbons (Fsp3) is 0.160. The summed E-state index contributed by atoms with van der Waals surface area (Å²) in [5.74, 6) is -2.15. The zero-order valence-corrected chi connectivity index (χ0v) is 19.0. The van der Waals surface area contributed by atoms with Crippen molar-refractivity contribution in [2.45, 2.75) is 18.8 Å². The quantitative estimate of drug-likeness (QED) is 0.288. The van der Waals surface area contributed by atoms with Crippen molar-refractivity contribution in [2.24, 2.45) is 0 Å². The van der Waals surface area contributed by atoms with Gasteiger partial charge in [-0.3, -0.25) is 14.6 Å². The number of likely N-dealkylation sites (tertiary alicyclic amines) is 1. The first-order valence-corrected chi connectivity index (χ1v) is 10.7. The largest absolute Gasteiger partial charge is 0.507 e. The van der Waals surface area contributed by atoms with Gasteiger partial charge in [-0.05, 0) is 47.5 Å². The first-order chi connectivity index (χ1) is 16.6. The zero-order chi connectivity index (χ0) is 25.3. The van der Waals surface area contributed by atoms with E-state index >= 15 is 0 Å². The summed E-state index contributed by atoms with van der Waals surface area (Å²) in [5.41, 5.74) is -0.524. The zero-order valence-electron chi connectivity index (χ0n) is 18.2. The summed E-state index contributed by atoms with van der Waals surface area (Å²) in [5, 5.41) is 11.3. The molecule has 1 saturated heterocycles. The number of nitrogens with zero attached hydrogens (tertiary/aromatic N) is 2. The molecule has 1 fully saturated rings. The SMILES string of the molecule is COc1ccc(Cl)c(/C(O)=C2\C(=O)C(=O)N(Cc3cccc(C(F)(F)F)c3)C2c2cccnc2)c1. The Balaban J connectivity index is 1.86. The van der Waals surface area contributed by atoms with Crippen molar-refractivity contribution in [3.05, 3.63) is 99.8 Å². The van der Waals surface area contributed by atoms with Gasteiger partial charge in [0.1, 0.15) is 11.5 Å². The molecule has 0 aliphatic carbocycles. The van der Waals surface area contributed by atoms with E-state index in [0.29, 0.717) is 11.3 Å². The van der Waals surface area contributed by atoms with Crippen LogP contribution in [0, 0.1) is 0 Å². The van der Waals surface area contributed by atoms with Crippen LogP contribution in [0.1, 0.15) is 28.3 Å². The molecular weight excluding hydrogens is 485 g/mol. The number of hydrogen-bond donors (Lipinski definition) is 1. The summed E-state index contributed by atoms with van der Waals surface area (Å²) in [6, 6.07) is 11.0. The summed E-state index contributed by atoms with van der Waals surface area (Å²) in [6.45, 7) is -0.309. The lowest BCUT2D eigenvalue weighted by molar-refractivity contribution is -0.140. The molecule has 2 aromatic carbocycles. The van der Waals surface area contributed by atoms with Crippen molar-refractivity contribution in [3.8, 4) is 5.75 Å². The van der Waals surface area contributed by atoms with Gasteiger partial charge >= 0.3 is 6.18 Å². The first kappa shape index (κ1) is 24.3. The molecule has 1 atom stereocenters. The van der Waals surface area contributed by atoms with Gasteiger partial charge < -0.3 is 14.7 Å². The molecule has 0 saturated carbocycles. The number of ether oxygens (including phenoxy) is 1. The number of carbonyl (C=O) groups is 2. The molecule has 35 heavy (non-hydrogen) atoms. The second-order valence-electron chi connectivity index (χ2n) is 7.76. The van der Waals surface area contributed by atoms with E-state index in [4.69, 9.17) is 16.3 Å². The molecule has 6 nitrogen and oxygen atoms in total. The third-order valence-corrected chi connectivity index (χ3v) is 5.91. The normalized spacial score (nSPS) is 17.6. The predicted octanol–water partition coefficient (Wildman–Crippen LogP) is 5.38. The average Bonchev–Trinajstić information content (AvgIpc) is 3.09. The van der Waals surface area contributed by atoms with E-state index in [1.807, 2.05) is 0 Å². The molecule has 1 aliphatic heterocycles. The summed E-state index contributed by atoms with van der Waals surface area (Å²) in [6.07, 6.45) is -1.67. The van der Waals surface area contributed by atoms with E-state index in [1.54, 1.807) is 18.2 Å². The summed E-state index contributed by atoms with van der Waals surface area (Å²) in [4.78, 5) is 31.3. The van der Waals surface area contributed by atoms with Crippen LogP contribution in [0.15, 0.2) is 72.6 Å². The van der Waals surface area contributed by atoms with Gasteiger partial charge in [-0.15, -0.1) is 0 Å². The molecule has 4 rings (SSSR count). The van der Waals surface area contributed by atoms with Crippen molar-refractivity contribution in [1.82, 2.24) is 9.88 Å². The topological polar surface area (TPSA) is 79.7 Å². The average molecular weight is 503 g/mol. The number of methoxy groups -OCH3 is 1. The molecule has 1 amide bonds. The third kappa shape index (κ3) is 4.72. The lowest BCUT2D eigenvalue weighted by Crippen LogP contribution is -2.29. The number of carbonyl (C=O) groups excluding carboxylic acids is 2. The van der Waals surface area contributed by atoms with Crippen LogP contribution in [-0.2, 0) is 22.3 Å². The van der Waals surface area contributed by atoms with Gasteiger partial charge in [0.25, 0.3) is 11.7 Å². The number of benzene rings is 2. The van der Waals surface area contributed by atoms with Gasteiger partial charge in [0.15, 0.2) is 0 Å². The molecule has 3 aromatic rings. The molecule has 0 bridgehead atoms. The van der Waals surface area contributed by atoms with Crippen molar-refractivity contribution in [1.29, 1.82) is 0 Å². The number of pyridine rings is 1. The molecule has 1 unspecified atom stereocenters. The van der Waals surface area contributed by atoms with Crippen LogP contribution >= 0.6 is 11.6 Å². The molecular formula is C25H18ClF3N2O4. The molecule has 180 valence electrons. The lowest BCUT2D eigenvalue weighted by Gasteiger charge is -2.25. The van der Waals surface area contributed by atoms with E-state index in [2.05, 4.69) is 4.98 Å². The molecule has 0 radical (unpaired) electrons. The summed E-state index contributed by atoms with van der Waals surface area (Å²) < 4.78 is 44.8. The van der Waals surface area contributed by atoms with Crippen molar-refractivity contribution >= 4 is 29.1 Å². The van der Waals surface area contributed by atoms with Crippen LogP contribution in [0.3, 0.4) is 0 Å². The summed E-state index contributed by atoms with van der Waals surface area (Å²) >= 11 is 6.25. The number of hydrogen-bond acceptors (Lipinski definition) is 5. The van der Waals surface area contributed by atoms with Gasteiger partial charge in [0.2, 0.25) is 0 Å². The second kappa shape index (κ2) is 9.42. The maximum Gasteiger partial charge on any atom is 0.416 e. The van der Waals surface area contributed by atoms with Crippen LogP contribution in [-0.4, -0.2) is 33.8 Å². The Morgan fingerprint density at radius 1 is 1.14 bits per heavy atom. The van der Waals surface area contributed by atoms with E-state index in [1.165, 1.54) is 43.8 Å². The van der Waals surface area contributed by atoms with Gasteiger partial charge in [-0.1, -0.05) is 29.8 Å². The summed E-state index contributed by atoms with van der Waals surface area (Å²) in [7, 11) is 1.41.